The Kier molecular flexibility index (Phi) is 2.83. The molecule has 0 radical (unpaired) electrons. The van der Waals surface area contributed by atoms with Crippen LogP contribution in [0.25, 0.3) is 22.6 Å². The van der Waals surface area contributed by atoms with Crippen molar-refractivity contribution in [1.82, 2.24) is 19.9 Å². The van der Waals surface area contributed by atoms with E-state index >= 15 is 0 Å². The first-order valence-corrected chi connectivity index (χ1v) is 6.17. The maximum absolute atomic E-state index is 6.12. The number of aromatic nitrogens is 4. The average molecular weight is 274 g/mol. The molecule has 0 unspecified atom stereocenters. The van der Waals surface area contributed by atoms with Gasteiger partial charge in [-0.1, -0.05) is 11.6 Å². The fourth-order valence-corrected chi connectivity index (χ4v) is 2.04. The van der Waals surface area contributed by atoms with Gasteiger partial charge in [-0.2, -0.15) is 0 Å². The highest BCUT2D eigenvalue weighted by Crippen LogP contribution is 2.26. The van der Waals surface area contributed by atoms with Crippen LogP contribution >= 0.6 is 11.6 Å². The van der Waals surface area contributed by atoms with E-state index in [2.05, 4.69) is 19.9 Å². The molecular weight excluding hydrogens is 262 g/mol. The number of halogens is 1. The molecule has 0 saturated carbocycles. The van der Waals surface area contributed by atoms with Crippen molar-refractivity contribution in [3.05, 3.63) is 35.6 Å². The summed E-state index contributed by atoms with van der Waals surface area (Å²) >= 11 is 6.12. The van der Waals surface area contributed by atoms with Crippen LogP contribution in [0.15, 0.2) is 30.6 Å². The number of imidazole rings is 1. The summed E-state index contributed by atoms with van der Waals surface area (Å²) in [5, 5.41) is 0.564. The predicted molar refractivity (Wildman–Crippen MR) is 76.5 cm³/mol. The van der Waals surface area contributed by atoms with Crippen LogP contribution in [0.4, 0.5) is 5.82 Å². The van der Waals surface area contributed by atoms with Crippen LogP contribution in [-0.2, 0) is 0 Å². The maximum Gasteiger partial charge on any atom is 0.180 e. The summed E-state index contributed by atoms with van der Waals surface area (Å²) in [5.74, 6) is 1.57. The number of anilines is 1. The minimum Gasteiger partial charge on any atom is -0.363 e. The molecular formula is C13H12ClN5. The van der Waals surface area contributed by atoms with Crippen molar-refractivity contribution in [2.24, 2.45) is 0 Å². The highest BCUT2D eigenvalue weighted by Gasteiger charge is 2.10. The molecule has 0 amide bonds. The van der Waals surface area contributed by atoms with Gasteiger partial charge in [0.2, 0.25) is 0 Å². The van der Waals surface area contributed by atoms with Gasteiger partial charge in [-0.3, -0.25) is 4.98 Å². The summed E-state index contributed by atoms with van der Waals surface area (Å²) in [7, 11) is 3.89. The smallest absolute Gasteiger partial charge is 0.180 e. The first kappa shape index (κ1) is 11.9. The van der Waals surface area contributed by atoms with Crippen molar-refractivity contribution >= 4 is 28.6 Å². The summed E-state index contributed by atoms with van der Waals surface area (Å²) in [6.45, 7) is 0. The molecule has 0 bridgehead atoms. The van der Waals surface area contributed by atoms with Gasteiger partial charge in [0.25, 0.3) is 0 Å². The molecule has 3 rings (SSSR count). The maximum atomic E-state index is 6.12. The summed E-state index contributed by atoms with van der Waals surface area (Å²) in [6, 6.07) is 5.73. The third kappa shape index (κ3) is 2.13. The largest absolute Gasteiger partial charge is 0.363 e. The summed E-state index contributed by atoms with van der Waals surface area (Å²) in [5.41, 5.74) is 2.38. The normalized spacial score (nSPS) is 10.9. The molecule has 1 N–H and O–H groups in total. The van der Waals surface area contributed by atoms with E-state index < -0.39 is 0 Å². The van der Waals surface area contributed by atoms with Crippen LogP contribution in [0.1, 0.15) is 0 Å². The highest BCUT2D eigenvalue weighted by molar-refractivity contribution is 6.33. The number of rotatable bonds is 2. The zero-order valence-electron chi connectivity index (χ0n) is 10.6. The fraction of sp³-hybridized carbons (Fsp3) is 0.154. The second-order valence-electron chi connectivity index (χ2n) is 4.38. The Morgan fingerprint density at radius 3 is 2.74 bits per heavy atom. The zero-order chi connectivity index (χ0) is 13.4. The highest BCUT2D eigenvalue weighted by atomic mass is 35.5. The molecule has 0 saturated heterocycles. The Bertz CT molecular complexity index is 735. The number of hydrogen-bond acceptors (Lipinski definition) is 4. The first-order chi connectivity index (χ1) is 9.15. The van der Waals surface area contributed by atoms with Crippen molar-refractivity contribution in [3.8, 4) is 11.4 Å². The Morgan fingerprint density at radius 1 is 1.16 bits per heavy atom. The minimum atomic E-state index is 0.564. The van der Waals surface area contributed by atoms with Crippen molar-refractivity contribution in [2.75, 3.05) is 19.0 Å². The lowest BCUT2D eigenvalue weighted by Crippen LogP contribution is -2.10. The lowest BCUT2D eigenvalue weighted by molar-refractivity contribution is 1.08. The standard InChI is InChI=1S/C13H12ClN5/c1-19(2)11-4-3-10-13(17-11)18-12(16-10)8-5-6-15-7-9(8)14/h3-7H,1-2H3,(H,16,17,18). The van der Waals surface area contributed by atoms with Gasteiger partial charge in [0, 0.05) is 32.1 Å². The Balaban J connectivity index is 2.14. The quantitative estimate of drug-likeness (QED) is 0.780. The molecule has 0 aliphatic carbocycles. The number of aromatic amines is 1. The van der Waals surface area contributed by atoms with Gasteiger partial charge in [-0.15, -0.1) is 0 Å². The number of pyridine rings is 2. The van der Waals surface area contributed by atoms with Crippen LogP contribution in [0.3, 0.4) is 0 Å². The van der Waals surface area contributed by atoms with Crippen molar-refractivity contribution in [1.29, 1.82) is 0 Å². The molecule has 3 aromatic heterocycles. The third-order valence-corrected chi connectivity index (χ3v) is 3.12. The zero-order valence-corrected chi connectivity index (χ0v) is 11.3. The number of nitrogens with one attached hydrogen (secondary N) is 1. The van der Waals surface area contributed by atoms with Gasteiger partial charge in [0.05, 0.1) is 10.5 Å². The van der Waals surface area contributed by atoms with Crippen molar-refractivity contribution < 1.29 is 0 Å². The molecule has 0 atom stereocenters. The predicted octanol–water partition coefficient (Wildman–Crippen LogP) is 2.74. The Morgan fingerprint density at radius 2 is 2.00 bits per heavy atom. The van der Waals surface area contributed by atoms with E-state index in [9.17, 15) is 0 Å². The van der Waals surface area contributed by atoms with Crippen LogP contribution in [0, 0.1) is 0 Å². The van der Waals surface area contributed by atoms with Crippen molar-refractivity contribution in [3.63, 3.8) is 0 Å². The molecule has 0 aromatic carbocycles. The van der Waals surface area contributed by atoms with Gasteiger partial charge >= 0.3 is 0 Å². The van der Waals surface area contributed by atoms with Crippen molar-refractivity contribution in [2.45, 2.75) is 0 Å². The van der Waals surface area contributed by atoms with Crippen LogP contribution in [0.5, 0.6) is 0 Å². The molecule has 0 fully saturated rings. The van der Waals surface area contributed by atoms with Gasteiger partial charge in [-0.25, -0.2) is 9.97 Å². The summed E-state index contributed by atoms with van der Waals surface area (Å²) in [4.78, 5) is 18.1. The molecule has 96 valence electrons. The number of H-pyrrole nitrogens is 1. The molecule has 0 aliphatic rings. The number of hydrogen-bond donors (Lipinski definition) is 1. The molecule has 5 nitrogen and oxygen atoms in total. The average Bonchev–Trinajstić information content (AvgIpc) is 2.81. The van der Waals surface area contributed by atoms with Crippen LogP contribution in [0.2, 0.25) is 5.02 Å². The number of nitrogens with zero attached hydrogens (tertiary/aromatic N) is 4. The lowest BCUT2D eigenvalue weighted by Gasteiger charge is -2.09. The van der Waals surface area contributed by atoms with E-state index in [1.807, 2.05) is 37.2 Å². The topological polar surface area (TPSA) is 57.7 Å². The number of fused-ring (bicyclic) bond motifs is 1. The lowest BCUT2D eigenvalue weighted by atomic mass is 10.2. The van der Waals surface area contributed by atoms with E-state index in [4.69, 9.17) is 11.6 Å². The van der Waals surface area contributed by atoms with E-state index in [0.29, 0.717) is 16.5 Å². The summed E-state index contributed by atoms with van der Waals surface area (Å²) < 4.78 is 0. The van der Waals surface area contributed by atoms with Crippen LogP contribution < -0.4 is 4.90 Å². The first-order valence-electron chi connectivity index (χ1n) is 5.79. The minimum absolute atomic E-state index is 0.564. The van der Waals surface area contributed by atoms with Crippen LogP contribution in [-0.4, -0.2) is 34.0 Å². The van der Waals surface area contributed by atoms with Gasteiger partial charge in [0.15, 0.2) is 5.65 Å². The fourth-order valence-electron chi connectivity index (χ4n) is 1.83. The second-order valence-corrected chi connectivity index (χ2v) is 4.78. The molecule has 19 heavy (non-hydrogen) atoms. The molecule has 6 heteroatoms. The molecule has 0 spiro atoms. The molecule has 3 aromatic rings. The second kappa shape index (κ2) is 4.51. The van der Waals surface area contributed by atoms with Gasteiger partial charge in [-0.05, 0) is 18.2 Å². The third-order valence-electron chi connectivity index (χ3n) is 2.82. The van der Waals surface area contributed by atoms with E-state index in [0.717, 1.165) is 16.9 Å². The van der Waals surface area contributed by atoms with Gasteiger partial charge < -0.3 is 9.88 Å². The summed E-state index contributed by atoms with van der Waals surface area (Å²) in [6.07, 6.45) is 3.29. The SMILES string of the molecule is CN(C)c1ccc2[nH]c(-c3ccncc3Cl)nc2n1. The molecule has 0 aliphatic heterocycles. The van der Waals surface area contributed by atoms with E-state index in [1.54, 1.807) is 12.4 Å². The van der Waals surface area contributed by atoms with E-state index in [-0.39, 0.29) is 0 Å². The van der Waals surface area contributed by atoms with Gasteiger partial charge in [0.1, 0.15) is 11.6 Å². The Labute approximate surface area is 115 Å². The van der Waals surface area contributed by atoms with E-state index in [1.165, 1.54) is 0 Å². The molecule has 3 heterocycles. The Hall–Kier alpha value is -2.14. The monoisotopic (exact) mass is 273 g/mol.